The molecule has 0 radical (unpaired) electrons. The van der Waals surface area contributed by atoms with Crippen LogP contribution in [0.15, 0.2) is 58.5 Å². The molecule has 0 saturated carbocycles. The smallest absolute Gasteiger partial charge is 0.210 e. The highest BCUT2D eigenvalue weighted by atomic mass is 32.2. The molecule has 0 bridgehead atoms. The fourth-order valence-electron chi connectivity index (χ4n) is 2.02. The lowest BCUT2D eigenvalue weighted by Gasteiger charge is -2.02. The molecule has 2 heterocycles. The van der Waals surface area contributed by atoms with Crippen molar-refractivity contribution in [1.29, 1.82) is 0 Å². The zero-order valence-electron chi connectivity index (χ0n) is 9.63. The molecule has 0 fully saturated rings. The molecule has 0 aliphatic carbocycles. The van der Waals surface area contributed by atoms with Crippen LogP contribution in [0, 0.1) is 0 Å². The summed E-state index contributed by atoms with van der Waals surface area (Å²) < 4.78 is 7.44. The van der Waals surface area contributed by atoms with Crippen molar-refractivity contribution in [2.75, 3.05) is 5.75 Å². The fraction of sp³-hybridized carbons (Fsp3) is 0.0714. The molecule has 1 aromatic carbocycles. The van der Waals surface area contributed by atoms with Gasteiger partial charge in [-0.2, -0.15) is 0 Å². The second-order valence-electron chi connectivity index (χ2n) is 3.86. The quantitative estimate of drug-likeness (QED) is 0.674. The largest absolute Gasteiger partial charge is 0.462 e. The van der Waals surface area contributed by atoms with Crippen LogP contribution in [0.3, 0.4) is 0 Å². The maximum Gasteiger partial charge on any atom is 0.210 e. The number of fused-ring (bicyclic) bond motifs is 3. The van der Waals surface area contributed by atoms with Gasteiger partial charge in [-0.15, -0.1) is 6.58 Å². The number of hydrogen-bond donors (Lipinski definition) is 0. The predicted molar refractivity (Wildman–Crippen MR) is 76.0 cm³/mol. The minimum absolute atomic E-state index is 0.0241. The molecule has 3 rings (SSSR count). The Balaban J connectivity index is 2.46. The monoisotopic (exact) mass is 257 g/mol. The van der Waals surface area contributed by atoms with Crippen molar-refractivity contribution >= 4 is 34.0 Å². The Kier molecular flexibility index (Phi) is 2.72. The third-order valence-electron chi connectivity index (χ3n) is 2.75. The Labute approximate surface area is 108 Å². The lowest BCUT2D eigenvalue weighted by molar-refractivity contribution is 0.606. The summed E-state index contributed by atoms with van der Waals surface area (Å²) >= 11 is 1.54. The minimum Gasteiger partial charge on any atom is -0.462 e. The first kappa shape index (κ1) is 11.2. The molecule has 4 heteroatoms. The van der Waals surface area contributed by atoms with Crippen molar-refractivity contribution in [3.8, 4) is 0 Å². The van der Waals surface area contributed by atoms with Gasteiger partial charge in [-0.05, 0) is 24.1 Å². The van der Waals surface area contributed by atoms with Crippen LogP contribution < -0.4 is 5.43 Å². The molecule has 3 aromatic rings. The first-order chi connectivity index (χ1) is 8.83. The Morgan fingerprint density at radius 1 is 1.33 bits per heavy atom. The van der Waals surface area contributed by atoms with Gasteiger partial charge in [-0.1, -0.05) is 18.2 Å². The second-order valence-corrected chi connectivity index (χ2v) is 4.82. The third-order valence-corrected chi connectivity index (χ3v) is 3.77. The van der Waals surface area contributed by atoms with Crippen molar-refractivity contribution in [2.24, 2.45) is 0 Å². The number of hydrogen-bond acceptors (Lipinski definition) is 3. The van der Waals surface area contributed by atoms with E-state index in [1.54, 1.807) is 0 Å². The van der Waals surface area contributed by atoms with E-state index in [1.165, 1.54) is 24.3 Å². The highest BCUT2D eigenvalue weighted by Gasteiger charge is 2.14. The number of nitrogens with zero attached hydrogens (tertiary/aromatic N) is 1. The number of rotatable bonds is 3. The summed E-state index contributed by atoms with van der Waals surface area (Å²) in [5.41, 5.74) is 2.22. The molecular weight excluding hydrogens is 246 g/mol. The van der Waals surface area contributed by atoms with Crippen molar-refractivity contribution in [3.05, 3.63) is 59.5 Å². The SMILES string of the molecule is C=CCSn1c2ccccc2c2occc(=O)c21. The number of aromatic nitrogens is 1. The Morgan fingerprint density at radius 2 is 2.17 bits per heavy atom. The predicted octanol–water partition coefficient (Wildman–Crippen LogP) is 3.43. The van der Waals surface area contributed by atoms with Crippen LogP contribution in [0.5, 0.6) is 0 Å². The van der Waals surface area contributed by atoms with E-state index < -0.39 is 0 Å². The molecule has 0 saturated heterocycles. The molecule has 0 spiro atoms. The molecule has 0 aliphatic rings. The summed E-state index contributed by atoms with van der Waals surface area (Å²) in [5, 5.41) is 0.960. The molecule has 0 N–H and O–H groups in total. The van der Waals surface area contributed by atoms with Crippen LogP contribution >= 0.6 is 11.9 Å². The Morgan fingerprint density at radius 3 is 3.00 bits per heavy atom. The van der Waals surface area contributed by atoms with Crippen LogP contribution in [0.4, 0.5) is 0 Å². The van der Waals surface area contributed by atoms with Gasteiger partial charge in [0.25, 0.3) is 0 Å². The zero-order valence-corrected chi connectivity index (χ0v) is 10.4. The van der Waals surface area contributed by atoms with Crippen molar-refractivity contribution in [1.82, 2.24) is 3.97 Å². The van der Waals surface area contributed by atoms with Crippen LogP contribution in [0.1, 0.15) is 0 Å². The first-order valence-corrected chi connectivity index (χ1v) is 6.52. The van der Waals surface area contributed by atoms with Gasteiger partial charge in [-0.3, -0.25) is 8.77 Å². The normalized spacial score (nSPS) is 11.1. The summed E-state index contributed by atoms with van der Waals surface area (Å²) in [7, 11) is 0. The lowest BCUT2D eigenvalue weighted by atomic mass is 10.2. The summed E-state index contributed by atoms with van der Waals surface area (Å²) in [4.78, 5) is 12.0. The average Bonchev–Trinajstić information content (AvgIpc) is 2.72. The van der Waals surface area contributed by atoms with Gasteiger partial charge in [-0.25, -0.2) is 0 Å². The molecule has 18 heavy (non-hydrogen) atoms. The van der Waals surface area contributed by atoms with E-state index in [-0.39, 0.29) is 5.43 Å². The highest BCUT2D eigenvalue weighted by Crippen LogP contribution is 2.30. The maximum absolute atomic E-state index is 12.0. The van der Waals surface area contributed by atoms with Gasteiger partial charge < -0.3 is 4.42 Å². The van der Waals surface area contributed by atoms with Gasteiger partial charge in [0.05, 0.1) is 11.8 Å². The molecule has 2 aromatic heterocycles. The van der Waals surface area contributed by atoms with Crippen molar-refractivity contribution in [2.45, 2.75) is 0 Å². The van der Waals surface area contributed by atoms with Crippen molar-refractivity contribution < 1.29 is 4.42 Å². The molecule has 0 atom stereocenters. The molecule has 90 valence electrons. The average molecular weight is 257 g/mol. The molecule has 3 nitrogen and oxygen atoms in total. The fourth-order valence-corrected chi connectivity index (χ4v) is 2.87. The third kappa shape index (κ3) is 1.57. The van der Waals surface area contributed by atoms with Crippen LogP contribution in [0.25, 0.3) is 22.0 Å². The standard InChI is InChI=1S/C14H11NO2S/c1-2-9-18-15-11-6-4-3-5-10(11)14-13(15)12(16)7-8-17-14/h2-8H,1,9H2. The summed E-state index contributed by atoms with van der Waals surface area (Å²) in [6.45, 7) is 3.71. The second kappa shape index (κ2) is 4.38. The number of benzene rings is 1. The lowest BCUT2D eigenvalue weighted by Crippen LogP contribution is -2.02. The Hall–Kier alpha value is -1.94. The molecular formula is C14H11NO2S. The summed E-state index contributed by atoms with van der Waals surface area (Å²) in [6, 6.07) is 9.30. The van der Waals surface area contributed by atoms with E-state index >= 15 is 0 Å². The zero-order chi connectivity index (χ0) is 12.5. The minimum atomic E-state index is -0.0241. The van der Waals surface area contributed by atoms with Crippen molar-refractivity contribution in [3.63, 3.8) is 0 Å². The van der Waals surface area contributed by atoms with Crippen LogP contribution in [-0.2, 0) is 0 Å². The summed E-state index contributed by atoms with van der Waals surface area (Å²) in [6.07, 6.45) is 3.26. The van der Waals surface area contributed by atoms with Gasteiger partial charge in [0.2, 0.25) is 5.43 Å². The van der Waals surface area contributed by atoms with E-state index in [0.717, 1.165) is 16.7 Å². The molecule has 0 unspecified atom stereocenters. The maximum atomic E-state index is 12.0. The number of para-hydroxylation sites is 1. The van der Waals surface area contributed by atoms with E-state index in [2.05, 4.69) is 6.58 Å². The molecule has 0 amide bonds. The van der Waals surface area contributed by atoms with Gasteiger partial charge >= 0.3 is 0 Å². The van der Waals surface area contributed by atoms with Gasteiger partial charge in [0.1, 0.15) is 5.52 Å². The van der Waals surface area contributed by atoms with Gasteiger partial charge in [0, 0.05) is 17.2 Å². The molecule has 0 aliphatic heterocycles. The van der Waals surface area contributed by atoms with E-state index in [1.807, 2.05) is 34.3 Å². The Bertz CT molecular complexity index is 785. The van der Waals surface area contributed by atoms with E-state index in [4.69, 9.17) is 4.42 Å². The summed E-state index contributed by atoms with van der Waals surface area (Å²) in [5.74, 6) is 0.738. The topological polar surface area (TPSA) is 35.1 Å². The van der Waals surface area contributed by atoms with Crippen LogP contribution in [0.2, 0.25) is 0 Å². The van der Waals surface area contributed by atoms with Gasteiger partial charge in [0.15, 0.2) is 5.58 Å². The van der Waals surface area contributed by atoms with E-state index in [0.29, 0.717) is 11.1 Å². The van der Waals surface area contributed by atoms with E-state index in [9.17, 15) is 4.79 Å². The highest BCUT2D eigenvalue weighted by molar-refractivity contribution is 7.98. The first-order valence-electron chi connectivity index (χ1n) is 5.58. The van der Waals surface area contributed by atoms with Crippen LogP contribution in [-0.4, -0.2) is 9.73 Å².